The molecule has 0 spiro atoms. The molecule has 0 saturated carbocycles. The Bertz CT molecular complexity index is 396. The topological polar surface area (TPSA) is 73.1 Å². The smallest absolute Gasteiger partial charge is 0.320 e. The first-order valence-corrected chi connectivity index (χ1v) is 4.58. The fourth-order valence-electron chi connectivity index (χ4n) is 1.11. The number of nitrogens with one attached hydrogen (secondary N) is 1. The Labute approximate surface area is 88.2 Å². The van der Waals surface area contributed by atoms with Crippen LogP contribution in [0, 0.1) is 11.3 Å². The summed E-state index contributed by atoms with van der Waals surface area (Å²) in [6.45, 7) is 2.03. The van der Waals surface area contributed by atoms with Gasteiger partial charge in [0.15, 0.2) is 0 Å². The van der Waals surface area contributed by atoms with Crippen molar-refractivity contribution in [3.8, 4) is 6.07 Å². The van der Waals surface area contributed by atoms with E-state index in [9.17, 15) is 4.79 Å². The van der Waals surface area contributed by atoms with Crippen LogP contribution in [-0.4, -0.2) is 17.1 Å². The normalized spacial score (nSPS) is 11.7. The number of rotatable bonds is 4. The highest BCUT2D eigenvalue weighted by molar-refractivity contribution is 5.72. The predicted octanol–water partition coefficient (Wildman–Crippen LogP) is 1.12. The number of nitrogens with zero attached hydrogens (tertiary/aromatic N) is 1. The third-order valence-electron chi connectivity index (χ3n) is 2.04. The van der Waals surface area contributed by atoms with Gasteiger partial charge in [0, 0.05) is 6.54 Å². The molecule has 0 unspecified atom stereocenters. The van der Waals surface area contributed by atoms with Gasteiger partial charge in [-0.25, -0.2) is 0 Å². The number of carbonyl (C=O) groups is 1. The molecule has 4 nitrogen and oxygen atoms in total. The van der Waals surface area contributed by atoms with Crippen molar-refractivity contribution in [1.29, 1.82) is 5.26 Å². The van der Waals surface area contributed by atoms with Crippen LogP contribution in [0.4, 0.5) is 0 Å². The van der Waals surface area contributed by atoms with Crippen LogP contribution in [0.5, 0.6) is 0 Å². The quantitative estimate of drug-likeness (QED) is 0.770. The fourth-order valence-corrected chi connectivity index (χ4v) is 1.11. The average molecular weight is 204 g/mol. The lowest BCUT2D eigenvalue weighted by Gasteiger charge is -2.08. The molecule has 78 valence electrons. The lowest BCUT2D eigenvalue weighted by atomic mass is 10.1. The minimum atomic E-state index is -0.883. The van der Waals surface area contributed by atoms with E-state index in [1.807, 2.05) is 12.1 Å². The predicted molar refractivity (Wildman–Crippen MR) is 55.1 cm³/mol. The monoisotopic (exact) mass is 204 g/mol. The Kier molecular flexibility index (Phi) is 3.83. The van der Waals surface area contributed by atoms with Crippen molar-refractivity contribution in [3.05, 3.63) is 35.4 Å². The zero-order chi connectivity index (χ0) is 11.3. The van der Waals surface area contributed by atoms with Gasteiger partial charge in [-0.2, -0.15) is 5.26 Å². The molecule has 0 aliphatic heterocycles. The van der Waals surface area contributed by atoms with E-state index in [4.69, 9.17) is 10.4 Å². The van der Waals surface area contributed by atoms with Gasteiger partial charge < -0.3 is 10.4 Å². The first-order valence-electron chi connectivity index (χ1n) is 4.58. The highest BCUT2D eigenvalue weighted by Crippen LogP contribution is 2.03. The summed E-state index contributed by atoms with van der Waals surface area (Å²) < 4.78 is 0. The molecule has 0 bridgehead atoms. The molecule has 1 aromatic rings. The van der Waals surface area contributed by atoms with E-state index in [1.54, 1.807) is 25.1 Å². The highest BCUT2D eigenvalue weighted by atomic mass is 16.4. The first-order chi connectivity index (χ1) is 7.13. The first kappa shape index (κ1) is 11.2. The molecule has 0 saturated heterocycles. The van der Waals surface area contributed by atoms with Gasteiger partial charge in [-0.3, -0.25) is 4.79 Å². The standard InChI is InChI=1S/C11H12N2O2/c1-8(11(14)15)13-7-10-4-2-3-9(5-10)6-12/h2-5,8,13H,7H2,1H3,(H,14,15)/t8-/m0/s1. The molecule has 1 aromatic carbocycles. The Balaban J connectivity index is 2.58. The number of hydrogen-bond donors (Lipinski definition) is 2. The van der Waals surface area contributed by atoms with Crippen molar-refractivity contribution in [2.45, 2.75) is 19.5 Å². The van der Waals surface area contributed by atoms with E-state index in [0.717, 1.165) is 5.56 Å². The van der Waals surface area contributed by atoms with E-state index in [0.29, 0.717) is 12.1 Å². The van der Waals surface area contributed by atoms with Crippen LogP contribution in [0.2, 0.25) is 0 Å². The van der Waals surface area contributed by atoms with Gasteiger partial charge >= 0.3 is 5.97 Å². The molecule has 0 radical (unpaired) electrons. The lowest BCUT2D eigenvalue weighted by Crippen LogP contribution is -2.33. The van der Waals surface area contributed by atoms with Crippen molar-refractivity contribution in [2.75, 3.05) is 0 Å². The van der Waals surface area contributed by atoms with Crippen LogP contribution in [-0.2, 0) is 11.3 Å². The van der Waals surface area contributed by atoms with E-state index in [2.05, 4.69) is 5.32 Å². The largest absolute Gasteiger partial charge is 0.480 e. The van der Waals surface area contributed by atoms with E-state index in [1.165, 1.54) is 0 Å². The second-order valence-electron chi connectivity index (χ2n) is 3.25. The number of carboxylic acids is 1. The molecule has 0 heterocycles. The molecular formula is C11H12N2O2. The maximum Gasteiger partial charge on any atom is 0.320 e. The van der Waals surface area contributed by atoms with Gasteiger partial charge in [0.05, 0.1) is 11.6 Å². The van der Waals surface area contributed by atoms with Crippen molar-refractivity contribution < 1.29 is 9.90 Å². The summed E-state index contributed by atoms with van der Waals surface area (Å²) >= 11 is 0. The van der Waals surface area contributed by atoms with E-state index in [-0.39, 0.29) is 0 Å². The third kappa shape index (κ3) is 3.41. The summed E-state index contributed by atoms with van der Waals surface area (Å²) in [5.41, 5.74) is 1.49. The summed E-state index contributed by atoms with van der Waals surface area (Å²) in [7, 11) is 0. The van der Waals surface area contributed by atoms with Gasteiger partial charge in [-0.1, -0.05) is 12.1 Å². The van der Waals surface area contributed by atoms with Gasteiger partial charge in [-0.15, -0.1) is 0 Å². The molecule has 0 aliphatic carbocycles. The Hall–Kier alpha value is -1.86. The summed E-state index contributed by atoms with van der Waals surface area (Å²) in [5, 5.41) is 20.1. The van der Waals surface area contributed by atoms with E-state index < -0.39 is 12.0 Å². The van der Waals surface area contributed by atoms with Crippen molar-refractivity contribution in [1.82, 2.24) is 5.32 Å². The van der Waals surface area contributed by atoms with Crippen LogP contribution in [0.25, 0.3) is 0 Å². The number of aliphatic carboxylic acids is 1. The summed E-state index contributed by atoms with van der Waals surface area (Å²) in [4.78, 5) is 10.5. The molecule has 0 aromatic heterocycles. The SMILES string of the molecule is C[C@H](NCc1cccc(C#N)c1)C(=O)O. The Morgan fingerprint density at radius 3 is 3.00 bits per heavy atom. The van der Waals surface area contributed by atoms with Crippen molar-refractivity contribution in [2.24, 2.45) is 0 Å². The molecular weight excluding hydrogens is 192 g/mol. The van der Waals surface area contributed by atoms with Gasteiger partial charge in [-0.05, 0) is 24.6 Å². The summed E-state index contributed by atoms with van der Waals surface area (Å²) in [5.74, 6) is -0.883. The third-order valence-corrected chi connectivity index (χ3v) is 2.04. The fraction of sp³-hybridized carbons (Fsp3) is 0.273. The second-order valence-corrected chi connectivity index (χ2v) is 3.25. The number of nitriles is 1. The maximum atomic E-state index is 10.5. The van der Waals surface area contributed by atoms with Crippen LogP contribution in [0.15, 0.2) is 24.3 Å². The van der Waals surface area contributed by atoms with Crippen molar-refractivity contribution >= 4 is 5.97 Å². The molecule has 1 rings (SSSR count). The van der Waals surface area contributed by atoms with Crippen molar-refractivity contribution in [3.63, 3.8) is 0 Å². The molecule has 0 amide bonds. The molecule has 2 N–H and O–H groups in total. The molecule has 0 aliphatic rings. The lowest BCUT2D eigenvalue weighted by molar-refractivity contribution is -0.139. The number of carboxylic acid groups (broad SMARTS) is 1. The second kappa shape index (κ2) is 5.13. The highest BCUT2D eigenvalue weighted by Gasteiger charge is 2.08. The van der Waals surface area contributed by atoms with Crippen LogP contribution in [0.1, 0.15) is 18.1 Å². The van der Waals surface area contributed by atoms with E-state index >= 15 is 0 Å². The number of benzene rings is 1. The zero-order valence-electron chi connectivity index (χ0n) is 8.40. The molecule has 15 heavy (non-hydrogen) atoms. The number of hydrogen-bond acceptors (Lipinski definition) is 3. The van der Waals surface area contributed by atoms with Gasteiger partial charge in [0.2, 0.25) is 0 Å². The van der Waals surface area contributed by atoms with Gasteiger partial charge in [0.25, 0.3) is 0 Å². The Morgan fingerprint density at radius 1 is 1.67 bits per heavy atom. The minimum Gasteiger partial charge on any atom is -0.480 e. The van der Waals surface area contributed by atoms with Crippen LogP contribution >= 0.6 is 0 Å². The van der Waals surface area contributed by atoms with Crippen LogP contribution < -0.4 is 5.32 Å². The minimum absolute atomic E-state index is 0.447. The van der Waals surface area contributed by atoms with Gasteiger partial charge in [0.1, 0.15) is 6.04 Å². The summed E-state index contributed by atoms with van der Waals surface area (Å²) in [6, 6.07) is 8.52. The molecule has 1 atom stereocenters. The Morgan fingerprint density at radius 2 is 2.40 bits per heavy atom. The average Bonchev–Trinajstić information content (AvgIpc) is 2.26. The summed E-state index contributed by atoms with van der Waals surface area (Å²) in [6.07, 6.45) is 0. The van der Waals surface area contributed by atoms with Crippen LogP contribution in [0.3, 0.4) is 0 Å². The molecule has 0 fully saturated rings. The maximum absolute atomic E-state index is 10.5. The zero-order valence-corrected chi connectivity index (χ0v) is 8.40. The molecule has 4 heteroatoms.